The molecule has 2 atom stereocenters. The summed E-state index contributed by atoms with van der Waals surface area (Å²) in [5, 5.41) is 11.3. The lowest BCUT2D eigenvalue weighted by molar-refractivity contribution is -0.192. The number of nitrogens with one attached hydrogen (secondary N) is 1. The lowest BCUT2D eigenvalue weighted by atomic mass is 10.1. The maximum atomic E-state index is 13.9. The Morgan fingerprint density at radius 3 is 2.52 bits per heavy atom. The van der Waals surface area contributed by atoms with E-state index in [0.29, 0.717) is 47.9 Å². The molecule has 2 N–H and O–H groups in total. The molecule has 11 nitrogen and oxygen atoms in total. The molecule has 2 saturated heterocycles. The van der Waals surface area contributed by atoms with Gasteiger partial charge in [-0.05, 0) is 43.7 Å². The van der Waals surface area contributed by atoms with Crippen LogP contribution >= 0.6 is 11.6 Å². The summed E-state index contributed by atoms with van der Waals surface area (Å²) in [4.78, 5) is 43.6. The van der Waals surface area contributed by atoms with Crippen LogP contribution in [-0.2, 0) is 22.6 Å². The number of aliphatic carboxylic acids is 1. The first-order valence-electron chi connectivity index (χ1n) is 13.9. The van der Waals surface area contributed by atoms with Crippen molar-refractivity contribution in [1.29, 1.82) is 0 Å². The van der Waals surface area contributed by atoms with E-state index >= 15 is 0 Å². The van der Waals surface area contributed by atoms with Crippen molar-refractivity contribution in [3.8, 4) is 0 Å². The van der Waals surface area contributed by atoms with E-state index in [4.69, 9.17) is 31.2 Å². The van der Waals surface area contributed by atoms with E-state index in [-0.39, 0.29) is 23.8 Å². The smallest absolute Gasteiger partial charge is 0.475 e. The maximum absolute atomic E-state index is 13.9. The van der Waals surface area contributed by atoms with Crippen LogP contribution in [0.5, 0.6) is 0 Å². The molecule has 6 rings (SSSR count). The second-order valence-corrected chi connectivity index (χ2v) is 11.0. The number of rotatable bonds is 8. The zero-order valence-corrected chi connectivity index (χ0v) is 23.7. The average Bonchev–Trinajstić information content (AvgIpc) is 3.34. The summed E-state index contributed by atoms with van der Waals surface area (Å²) in [5.74, 6) is -1.44. The van der Waals surface area contributed by atoms with Crippen LogP contribution in [0, 0.1) is 5.92 Å². The van der Waals surface area contributed by atoms with Crippen LogP contribution in [0.2, 0.25) is 5.02 Å². The van der Waals surface area contributed by atoms with E-state index < -0.39 is 12.1 Å². The monoisotopic (exact) mass is 612 g/mol. The first-order chi connectivity index (χ1) is 20.0. The Morgan fingerprint density at radius 2 is 1.88 bits per heavy atom. The van der Waals surface area contributed by atoms with E-state index in [9.17, 15) is 22.8 Å². The van der Waals surface area contributed by atoms with E-state index in [2.05, 4.69) is 10.2 Å². The number of ether oxygens (including phenoxy) is 1. The molecule has 1 aliphatic carbocycles. The van der Waals surface area contributed by atoms with Gasteiger partial charge < -0.3 is 20.1 Å². The van der Waals surface area contributed by atoms with Gasteiger partial charge in [-0.2, -0.15) is 18.2 Å². The zero-order valence-electron chi connectivity index (χ0n) is 22.9. The summed E-state index contributed by atoms with van der Waals surface area (Å²) < 4.78 is 42.3. The van der Waals surface area contributed by atoms with Gasteiger partial charge >= 0.3 is 17.8 Å². The zero-order chi connectivity index (χ0) is 30.2. The summed E-state index contributed by atoms with van der Waals surface area (Å²) >= 11 is 6.55. The molecule has 1 saturated carbocycles. The molecule has 228 valence electrons. The molecule has 0 bridgehead atoms. The largest absolute Gasteiger partial charge is 0.490 e. The van der Waals surface area contributed by atoms with Crippen molar-refractivity contribution in [3.63, 3.8) is 0 Å². The molecule has 3 fully saturated rings. The molecule has 2 unspecified atom stereocenters. The SMILES string of the molecule is CCOCCn1c(=O)c2c(nc(N3CCC4CNCC43)n2Cc2ccccc2Cl)n(C2CC2)c1=O.O=C(O)C(F)(F)F. The Labute approximate surface area is 243 Å². The molecule has 2 aliphatic heterocycles. The number of carboxylic acids is 1. The van der Waals surface area contributed by atoms with Gasteiger partial charge in [0.15, 0.2) is 11.2 Å². The van der Waals surface area contributed by atoms with Crippen molar-refractivity contribution in [1.82, 2.24) is 24.0 Å². The quantitative estimate of drug-likeness (QED) is 0.372. The summed E-state index contributed by atoms with van der Waals surface area (Å²) in [5.41, 5.74) is 1.27. The predicted molar refractivity (Wildman–Crippen MR) is 149 cm³/mol. The minimum absolute atomic E-state index is 0.0833. The average molecular weight is 613 g/mol. The standard InChI is InChI=1S/C25H31ClN6O3.C2HF3O2/c1-2-35-12-11-30-23(33)21-22(32(25(30)34)18-7-8-18)28-24(29-10-9-16-13-27-14-20(16)29)31(21)15-17-5-3-4-6-19(17)26;3-2(4,5)1(6)7/h3-6,16,18,20,27H,2,7-15H2,1H3;(H,6,7). The second kappa shape index (κ2) is 12.1. The van der Waals surface area contributed by atoms with Gasteiger partial charge in [0.25, 0.3) is 5.56 Å². The highest BCUT2D eigenvalue weighted by Gasteiger charge is 2.41. The Morgan fingerprint density at radius 1 is 1.17 bits per heavy atom. The molecular weight excluding hydrogens is 581 g/mol. The summed E-state index contributed by atoms with van der Waals surface area (Å²) in [6.07, 6.45) is -2.16. The number of halogens is 4. The molecule has 0 radical (unpaired) electrons. The van der Waals surface area contributed by atoms with Gasteiger partial charge in [0.2, 0.25) is 5.95 Å². The highest BCUT2D eigenvalue weighted by atomic mass is 35.5. The Bertz CT molecular complexity index is 1580. The van der Waals surface area contributed by atoms with E-state index in [1.54, 1.807) is 4.57 Å². The first kappa shape index (κ1) is 30.1. The third-order valence-corrected chi connectivity index (χ3v) is 8.22. The topological polar surface area (TPSA) is 124 Å². The third kappa shape index (κ3) is 5.92. The van der Waals surface area contributed by atoms with Crippen molar-refractivity contribution >= 4 is 34.7 Å². The predicted octanol–water partition coefficient (Wildman–Crippen LogP) is 2.86. The highest BCUT2D eigenvalue weighted by molar-refractivity contribution is 6.31. The fraction of sp³-hybridized carbons (Fsp3) is 0.556. The molecule has 15 heteroatoms. The highest BCUT2D eigenvalue weighted by Crippen LogP contribution is 2.38. The van der Waals surface area contributed by atoms with E-state index in [1.165, 1.54) is 4.57 Å². The number of nitrogens with zero attached hydrogens (tertiary/aromatic N) is 5. The molecule has 2 aromatic heterocycles. The van der Waals surface area contributed by atoms with Crippen molar-refractivity contribution in [2.75, 3.05) is 37.7 Å². The lowest BCUT2D eigenvalue weighted by Gasteiger charge is -2.25. The fourth-order valence-electron chi connectivity index (χ4n) is 5.67. The number of anilines is 1. The Hall–Kier alpha value is -3.36. The summed E-state index contributed by atoms with van der Waals surface area (Å²) in [7, 11) is 0. The second-order valence-electron chi connectivity index (χ2n) is 10.6. The minimum Gasteiger partial charge on any atom is -0.475 e. The molecule has 0 amide bonds. The van der Waals surface area contributed by atoms with Gasteiger partial charge in [-0.25, -0.2) is 9.59 Å². The summed E-state index contributed by atoms with van der Waals surface area (Å²) in [6.45, 7) is 6.17. The number of carbonyl (C=O) groups is 1. The molecule has 4 heterocycles. The van der Waals surface area contributed by atoms with Crippen LogP contribution in [0.25, 0.3) is 11.2 Å². The first-order valence-corrected chi connectivity index (χ1v) is 14.2. The van der Waals surface area contributed by atoms with Gasteiger partial charge in [-0.15, -0.1) is 0 Å². The van der Waals surface area contributed by atoms with Crippen molar-refractivity contribution < 1.29 is 27.8 Å². The Kier molecular flexibility index (Phi) is 8.67. The van der Waals surface area contributed by atoms with Crippen LogP contribution in [0.4, 0.5) is 19.1 Å². The summed E-state index contributed by atoms with van der Waals surface area (Å²) in [6, 6.07) is 8.11. The van der Waals surface area contributed by atoms with Gasteiger partial charge in [-0.3, -0.25) is 18.5 Å². The van der Waals surface area contributed by atoms with Crippen LogP contribution in [0.1, 0.15) is 37.8 Å². The number of carboxylic acid groups (broad SMARTS) is 1. The van der Waals surface area contributed by atoms with Crippen molar-refractivity contribution in [2.24, 2.45) is 5.92 Å². The number of aromatic nitrogens is 4. The number of hydrogen-bond acceptors (Lipinski definition) is 7. The molecule has 3 aromatic rings. The number of benzene rings is 1. The van der Waals surface area contributed by atoms with Gasteiger partial charge in [0.1, 0.15) is 0 Å². The van der Waals surface area contributed by atoms with Gasteiger partial charge in [-0.1, -0.05) is 29.8 Å². The maximum Gasteiger partial charge on any atom is 0.490 e. The number of imidazole rings is 1. The van der Waals surface area contributed by atoms with E-state index in [0.717, 1.165) is 50.4 Å². The van der Waals surface area contributed by atoms with Gasteiger partial charge in [0.05, 0.1) is 19.7 Å². The van der Waals surface area contributed by atoms with Crippen molar-refractivity contribution in [2.45, 2.75) is 57.5 Å². The number of hydrogen-bond donors (Lipinski definition) is 2. The van der Waals surface area contributed by atoms with Gasteiger partial charge in [0, 0.05) is 43.3 Å². The molecular formula is C27H32ClF3N6O5. The van der Waals surface area contributed by atoms with E-state index in [1.807, 2.05) is 35.8 Å². The molecule has 0 spiro atoms. The van der Waals surface area contributed by atoms with Crippen molar-refractivity contribution in [3.05, 3.63) is 55.7 Å². The third-order valence-electron chi connectivity index (χ3n) is 7.85. The molecule has 3 aliphatic rings. The van der Waals surface area contributed by atoms with Crippen LogP contribution in [0.15, 0.2) is 33.9 Å². The Balaban J connectivity index is 0.000000451. The molecule has 42 heavy (non-hydrogen) atoms. The molecule has 1 aromatic carbocycles. The fourth-order valence-corrected chi connectivity index (χ4v) is 5.86. The van der Waals surface area contributed by atoms with Crippen LogP contribution < -0.4 is 21.5 Å². The van der Waals surface area contributed by atoms with Crippen LogP contribution in [0.3, 0.4) is 0 Å². The normalized spacial score (nSPS) is 20.1. The minimum atomic E-state index is -5.08. The number of fused-ring (bicyclic) bond motifs is 2. The van der Waals surface area contributed by atoms with Crippen LogP contribution in [-0.4, -0.2) is 74.8 Å². The lowest BCUT2D eigenvalue weighted by Crippen LogP contribution is -2.41. The number of alkyl halides is 3.